The van der Waals surface area contributed by atoms with Crippen molar-refractivity contribution in [2.24, 2.45) is 0 Å². The first-order chi connectivity index (χ1) is 3.46. The summed E-state index contributed by atoms with van der Waals surface area (Å²) < 4.78 is 0. The van der Waals surface area contributed by atoms with Crippen LogP contribution in [0.25, 0.3) is 0 Å². The minimum atomic E-state index is -1.75. The molecule has 0 aromatic rings. The third kappa shape index (κ3) is 242. The van der Waals surface area contributed by atoms with Gasteiger partial charge in [-0.15, -0.1) is 0 Å². The van der Waals surface area contributed by atoms with Crippen LogP contribution in [-0.2, 0) is 19.5 Å². The van der Waals surface area contributed by atoms with Crippen molar-refractivity contribution < 1.29 is 35.1 Å². The summed E-state index contributed by atoms with van der Waals surface area (Å²) >= 11 is 0. The predicted molar refractivity (Wildman–Crippen MR) is 24.3 cm³/mol. The third-order valence-electron chi connectivity index (χ3n) is 0. The van der Waals surface area contributed by atoms with Crippen LogP contribution in [-0.4, -0.2) is 15.6 Å². The van der Waals surface area contributed by atoms with Gasteiger partial charge >= 0.3 is 19.5 Å². The molecule has 0 aliphatic rings. The quantitative estimate of drug-likeness (QED) is 0.272. The predicted octanol–water partition coefficient (Wildman–Crippen LogP) is -1.31. The Bertz CT molecular complexity index is 69.6. The van der Waals surface area contributed by atoms with Gasteiger partial charge in [-0.25, -0.2) is 0 Å². The van der Waals surface area contributed by atoms with E-state index in [0.29, 0.717) is 0 Å². The van der Waals surface area contributed by atoms with E-state index < -0.39 is 10.2 Å². The number of rotatable bonds is 0. The molecule has 0 aliphatic heterocycles. The van der Waals surface area contributed by atoms with Crippen LogP contribution in [0, 0.1) is 30.6 Å². The van der Waals surface area contributed by atoms with Crippen LogP contribution in [0.3, 0.4) is 0 Å². The van der Waals surface area contributed by atoms with Crippen LogP contribution in [0.5, 0.6) is 0 Å². The summed E-state index contributed by atoms with van der Waals surface area (Å²) in [7, 11) is 0. The van der Waals surface area contributed by atoms with E-state index in [1.54, 1.807) is 0 Å². The summed E-state index contributed by atoms with van der Waals surface area (Å²) in [6.07, 6.45) is 0. The van der Waals surface area contributed by atoms with Crippen molar-refractivity contribution in [3.05, 3.63) is 30.6 Å². The molecule has 10 heavy (non-hydrogen) atoms. The monoisotopic (exact) mass is 206 g/mol. The van der Waals surface area contributed by atoms with Gasteiger partial charge in [0.1, 0.15) is 0 Å². The molecule has 0 aliphatic carbocycles. The molecule has 0 bridgehead atoms. The Morgan fingerprint density at radius 2 is 0.800 bits per heavy atom. The maximum atomic E-state index is 8.25. The van der Waals surface area contributed by atoms with E-state index in [9.17, 15) is 0 Å². The van der Waals surface area contributed by atoms with Crippen molar-refractivity contribution in [1.29, 1.82) is 0 Å². The average Bonchev–Trinajstić information content (AvgIpc) is 1.25. The third-order valence-corrected chi connectivity index (χ3v) is 0. The van der Waals surface area contributed by atoms with Crippen LogP contribution in [0.2, 0.25) is 0 Å². The standard InChI is InChI=1S/2NO3.H2O.Zn/c2*2-1(3)4;;/h;;1H2;/q2*-1;;+2. The SMILES string of the molecule is O.O=[N+]([O-])[O-].O=[N+]([O-])[O-].[Zn+2]. The first kappa shape index (κ1) is 23.1. The van der Waals surface area contributed by atoms with Gasteiger partial charge in [0.2, 0.25) is 0 Å². The molecular weight excluding hydrogens is 205 g/mol. The second-order valence-corrected chi connectivity index (χ2v) is 0.447. The van der Waals surface area contributed by atoms with Crippen molar-refractivity contribution in [3.63, 3.8) is 0 Å². The molecular formula is H2N2O7Zn. The number of hydrogen-bond donors (Lipinski definition) is 0. The second-order valence-electron chi connectivity index (χ2n) is 0.447. The maximum absolute atomic E-state index is 8.25. The molecule has 0 saturated heterocycles. The van der Waals surface area contributed by atoms with E-state index in [1.165, 1.54) is 0 Å². The molecule has 9 nitrogen and oxygen atoms in total. The van der Waals surface area contributed by atoms with Gasteiger partial charge in [-0.1, -0.05) is 0 Å². The molecule has 0 aromatic heterocycles. The van der Waals surface area contributed by atoms with E-state index in [0.717, 1.165) is 0 Å². The van der Waals surface area contributed by atoms with E-state index >= 15 is 0 Å². The summed E-state index contributed by atoms with van der Waals surface area (Å²) in [5.41, 5.74) is 0. The summed E-state index contributed by atoms with van der Waals surface area (Å²) in [6, 6.07) is 0. The fourth-order valence-corrected chi connectivity index (χ4v) is 0. The first-order valence-electron chi connectivity index (χ1n) is 1.10. The zero-order valence-electron chi connectivity index (χ0n) is 4.55. The molecule has 0 unspecified atom stereocenters. The fraction of sp³-hybridized carbons (Fsp3) is 0. The summed E-state index contributed by atoms with van der Waals surface area (Å²) in [5.74, 6) is 0. The summed E-state index contributed by atoms with van der Waals surface area (Å²) in [6.45, 7) is 0. The molecule has 10 heteroatoms. The molecule has 0 radical (unpaired) electrons. The largest absolute Gasteiger partial charge is 2.00 e. The Labute approximate surface area is 66.5 Å². The Morgan fingerprint density at radius 1 is 0.800 bits per heavy atom. The molecule has 0 aromatic carbocycles. The van der Waals surface area contributed by atoms with Gasteiger partial charge in [0.05, 0.1) is 10.2 Å². The van der Waals surface area contributed by atoms with E-state index in [1.807, 2.05) is 0 Å². The number of nitrogens with zero attached hydrogens (tertiary/aromatic N) is 2. The molecule has 0 rings (SSSR count). The second kappa shape index (κ2) is 15.7. The smallest absolute Gasteiger partial charge is 0.412 e. The van der Waals surface area contributed by atoms with Gasteiger partial charge in [-0.05, 0) is 0 Å². The Balaban J connectivity index is -0.0000000300. The summed E-state index contributed by atoms with van der Waals surface area (Å²) in [5, 5.41) is 29.5. The zero-order chi connectivity index (χ0) is 7.15. The van der Waals surface area contributed by atoms with Crippen molar-refractivity contribution in [3.8, 4) is 0 Å². The average molecular weight is 207 g/mol. The van der Waals surface area contributed by atoms with Crippen molar-refractivity contribution in [2.75, 3.05) is 0 Å². The van der Waals surface area contributed by atoms with Gasteiger partial charge in [-0.3, -0.25) is 0 Å². The minimum Gasteiger partial charge on any atom is -0.412 e. The van der Waals surface area contributed by atoms with E-state index in [4.69, 9.17) is 30.6 Å². The Kier molecular flexibility index (Phi) is 36.1. The van der Waals surface area contributed by atoms with Crippen LogP contribution in [0.1, 0.15) is 0 Å². The molecule has 0 fully saturated rings. The van der Waals surface area contributed by atoms with Crippen LogP contribution in [0.4, 0.5) is 0 Å². The topological polar surface area (TPSA) is 164 Å². The molecule has 56 valence electrons. The van der Waals surface area contributed by atoms with Crippen molar-refractivity contribution in [2.45, 2.75) is 0 Å². The Morgan fingerprint density at radius 3 is 0.800 bits per heavy atom. The molecule has 0 saturated carbocycles. The van der Waals surface area contributed by atoms with Crippen LogP contribution in [0.15, 0.2) is 0 Å². The van der Waals surface area contributed by atoms with Gasteiger partial charge in [0.15, 0.2) is 0 Å². The molecule has 2 N–H and O–H groups in total. The molecule has 0 amide bonds. The van der Waals surface area contributed by atoms with Crippen molar-refractivity contribution >= 4 is 0 Å². The van der Waals surface area contributed by atoms with E-state index in [-0.39, 0.29) is 25.0 Å². The first-order valence-corrected chi connectivity index (χ1v) is 1.10. The van der Waals surface area contributed by atoms with E-state index in [2.05, 4.69) is 0 Å². The molecule has 0 spiro atoms. The summed E-state index contributed by atoms with van der Waals surface area (Å²) in [4.78, 5) is 16.5. The molecule has 0 atom stereocenters. The molecule has 0 heterocycles. The zero-order valence-corrected chi connectivity index (χ0v) is 7.52. The fourth-order valence-electron chi connectivity index (χ4n) is 0. The normalized spacial score (nSPS) is 4.80. The van der Waals surface area contributed by atoms with Crippen molar-refractivity contribution in [1.82, 2.24) is 0 Å². The Hall–Kier alpha value is -1.02. The van der Waals surface area contributed by atoms with Gasteiger partial charge in [0.25, 0.3) is 0 Å². The van der Waals surface area contributed by atoms with Gasteiger partial charge in [0, 0.05) is 0 Å². The van der Waals surface area contributed by atoms with Crippen LogP contribution >= 0.6 is 0 Å². The van der Waals surface area contributed by atoms with Gasteiger partial charge in [-0.2, -0.15) is 0 Å². The number of hydrogen-bond acceptors (Lipinski definition) is 6. The van der Waals surface area contributed by atoms with Crippen LogP contribution < -0.4 is 0 Å². The van der Waals surface area contributed by atoms with Gasteiger partial charge < -0.3 is 36.1 Å². The minimum absolute atomic E-state index is 0. The maximum Gasteiger partial charge on any atom is 2.00 e.